The van der Waals surface area contributed by atoms with Crippen molar-refractivity contribution in [2.45, 2.75) is 45.7 Å². The number of hydrogen-bond acceptors (Lipinski definition) is 10. The summed E-state index contributed by atoms with van der Waals surface area (Å²) in [5.74, 6) is 1.12. The molecule has 1 fully saturated rings. The second kappa shape index (κ2) is 8.19. The lowest BCUT2D eigenvalue weighted by molar-refractivity contribution is 0.373. The van der Waals surface area contributed by atoms with E-state index in [-0.39, 0.29) is 5.54 Å². The highest BCUT2D eigenvalue weighted by molar-refractivity contribution is 7.14. The largest absolute Gasteiger partial charge is 0.480 e. The van der Waals surface area contributed by atoms with Crippen molar-refractivity contribution in [3.05, 3.63) is 23.3 Å². The van der Waals surface area contributed by atoms with E-state index >= 15 is 0 Å². The third-order valence-corrected chi connectivity index (χ3v) is 5.60. The highest BCUT2D eigenvalue weighted by Crippen LogP contribution is 2.32. The molecule has 4 rings (SSSR count). The zero-order valence-electron chi connectivity index (χ0n) is 17.9. The van der Waals surface area contributed by atoms with Gasteiger partial charge in [0.15, 0.2) is 5.01 Å². The van der Waals surface area contributed by atoms with Crippen LogP contribution in [0.15, 0.2) is 18.3 Å². The maximum atomic E-state index is 5.47. The molecule has 1 N–H and O–H groups in total. The Bertz CT molecular complexity index is 1010. The quantitative estimate of drug-likeness (QED) is 0.660. The van der Waals surface area contributed by atoms with E-state index < -0.39 is 0 Å². The summed E-state index contributed by atoms with van der Waals surface area (Å²) in [5, 5.41) is 22.2. The average Bonchev–Trinajstić information content (AvgIpc) is 3.35. The maximum absolute atomic E-state index is 5.47. The van der Waals surface area contributed by atoms with Crippen molar-refractivity contribution >= 4 is 17.3 Å². The minimum Gasteiger partial charge on any atom is -0.480 e. The van der Waals surface area contributed by atoms with Gasteiger partial charge in [0, 0.05) is 24.7 Å². The van der Waals surface area contributed by atoms with E-state index in [4.69, 9.17) is 4.74 Å². The molecule has 0 aliphatic carbocycles. The Kier molecular flexibility index (Phi) is 5.61. The van der Waals surface area contributed by atoms with Gasteiger partial charge in [-0.15, -0.1) is 20.4 Å². The Balaban J connectivity index is 1.50. The van der Waals surface area contributed by atoms with Gasteiger partial charge in [0.1, 0.15) is 10.7 Å². The van der Waals surface area contributed by atoms with Gasteiger partial charge in [-0.1, -0.05) is 11.3 Å². The van der Waals surface area contributed by atoms with Crippen molar-refractivity contribution in [1.29, 1.82) is 0 Å². The van der Waals surface area contributed by atoms with Gasteiger partial charge in [-0.3, -0.25) is 0 Å². The number of nitrogens with one attached hydrogen (secondary N) is 1. The molecule has 1 saturated heterocycles. The molecule has 158 valence electrons. The van der Waals surface area contributed by atoms with Crippen LogP contribution in [-0.4, -0.2) is 62.1 Å². The molecule has 1 aliphatic rings. The van der Waals surface area contributed by atoms with Crippen LogP contribution in [0.2, 0.25) is 0 Å². The smallest absolute Gasteiger partial charge is 0.245 e. The van der Waals surface area contributed by atoms with E-state index in [0.717, 1.165) is 35.1 Å². The van der Waals surface area contributed by atoms with Crippen molar-refractivity contribution in [2.24, 2.45) is 0 Å². The molecule has 1 atom stereocenters. The molecule has 3 aromatic heterocycles. The zero-order chi connectivity index (χ0) is 21.3. The molecule has 30 heavy (non-hydrogen) atoms. The third-order valence-electron chi connectivity index (χ3n) is 4.73. The Morgan fingerprint density at radius 1 is 1.13 bits per heavy atom. The number of anilines is 1. The Morgan fingerprint density at radius 2 is 1.97 bits per heavy atom. The summed E-state index contributed by atoms with van der Waals surface area (Å²) in [5.41, 5.74) is 2.14. The first kappa shape index (κ1) is 20.5. The second-order valence-electron chi connectivity index (χ2n) is 8.35. The van der Waals surface area contributed by atoms with Crippen LogP contribution in [0.25, 0.3) is 22.0 Å². The number of methoxy groups -OCH3 is 1. The van der Waals surface area contributed by atoms with Crippen molar-refractivity contribution in [3.8, 4) is 27.8 Å². The minimum absolute atomic E-state index is 0.0912. The molecular weight excluding hydrogens is 400 g/mol. The summed E-state index contributed by atoms with van der Waals surface area (Å²) in [6, 6.07) is 4.22. The first-order valence-electron chi connectivity index (χ1n) is 9.90. The standard InChI is InChI=1S/C20H26N8OS/c1-12-24-26-18(30-12)14-6-7-15(22-17(14)29-5)16-10-21-19(27-25-16)28-9-8-13(11-28)23-20(2,3)4/h6-7,10,13,23H,8-9,11H2,1-5H3/t13-/m1/s1. The monoisotopic (exact) mass is 426 g/mol. The fraction of sp³-hybridized carbons (Fsp3) is 0.500. The number of pyridine rings is 1. The summed E-state index contributed by atoms with van der Waals surface area (Å²) < 4.78 is 5.47. The van der Waals surface area contributed by atoms with Crippen LogP contribution < -0.4 is 15.0 Å². The topological polar surface area (TPSA) is 102 Å². The number of rotatable bonds is 5. The van der Waals surface area contributed by atoms with Crippen molar-refractivity contribution < 1.29 is 4.74 Å². The van der Waals surface area contributed by atoms with Gasteiger partial charge < -0.3 is 15.0 Å². The molecule has 0 unspecified atom stereocenters. The summed E-state index contributed by atoms with van der Waals surface area (Å²) in [7, 11) is 1.59. The van der Waals surface area contributed by atoms with Crippen LogP contribution in [0.4, 0.5) is 5.95 Å². The van der Waals surface area contributed by atoms with E-state index in [0.29, 0.717) is 29.3 Å². The van der Waals surface area contributed by atoms with Crippen molar-refractivity contribution in [3.63, 3.8) is 0 Å². The molecule has 3 aromatic rings. The Hall–Kier alpha value is -2.72. The summed E-state index contributed by atoms with van der Waals surface area (Å²) >= 11 is 1.50. The number of hydrogen-bond donors (Lipinski definition) is 1. The molecule has 0 radical (unpaired) electrons. The molecule has 0 saturated carbocycles. The van der Waals surface area contributed by atoms with Crippen LogP contribution in [0.3, 0.4) is 0 Å². The van der Waals surface area contributed by atoms with Gasteiger partial charge in [-0.25, -0.2) is 9.97 Å². The lowest BCUT2D eigenvalue weighted by Crippen LogP contribution is -2.45. The molecular formula is C20H26N8OS. The van der Waals surface area contributed by atoms with E-state index in [9.17, 15) is 0 Å². The van der Waals surface area contributed by atoms with Gasteiger partial charge in [0.25, 0.3) is 0 Å². The van der Waals surface area contributed by atoms with Gasteiger partial charge in [-0.05, 0) is 46.2 Å². The normalized spacial score (nSPS) is 16.8. The number of ether oxygens (including phenoxy) is 1. The summed E-state index contributed by atoms with van der Waals surface area (Å²) in [6.45, 7) is 10.3. The highest BCUT2D eigenvalue weighted by Gasteiger charge is 2.27. The minimum atomic E-state index is 0.0912. The number of aromatic nitrogens is 6. The summed E-state index contributed by atoms with van der Waals surface area (Å²) in [4.78, 5) is 11.3. The van der Waals surface area contributed by atoms with Gasteiger partial charge in [-0.2, -0.15) is 0 Å². The van der Waals surface area contributed by atoms with Crippen LogP contribution in [0, 0.1) is 6.92 Å². The van der Waals surface area contributed by atoms with Crippen LogP contribution in [0.1, 0.15) is 32.2 Å². The Labute approximate surface area is 180 Å². The first-order valence-corrected chi connectivity index (χ1v) is 10.7. The number of nitrogens with zero attached hydrogens (tertiary/aromatic N) is 7. The fourth-order valence-corrected chi connectivity index (χ4v) is 4.22. The van der Waals surface area contributed by atoms with Gasteiger partial charge >= 0.3 is 0 Å². The van der Waals surface area contributed by atoms with Crippen molar-refractivity contribution in [2.75, 3.05) is 25.1 Å². The van der Waals surface area contributed by atoms with E-state index in [1.807, 2.05) is 19.1 Å². The third kappa shape index (κ3) is 4.54. The average molecular weight is 427 g/mol. The number of aryl methyl sites for hydroxylation is 1. The van der Waals surface area contributed by atoms with Gasteiger partial charge in [0.05, 0.1) is 24.6 Å². The maximum Gasteiger partial charge on any atom is 0.245 e. The highest BCUT2D eigenvalue weighted by atomic mass is 32.1. The molecule has 0 aromatic carbocycles. The van der Waals surface area contributed by atoms with E-state index in [1.54, 1.807) is 13.3 Å². The molecule has 0 bridgehead atoms. The van der Waals surface area contributed by atoms with E-state index in [1.165, 1.54) is 11.3 Å². The fourth-order valence-electron chi connectivity index (χ4n) is 3.51. The predicted octanol–water partition coefficient (Wildman–Crippen LogP) is 2.74. The molecule has 0 spiro atoms. The molecule has 0 amide bonds. The van der Waals surface area contributed by atoms with Crippen LogP contribution >= 0.6 is 11.3 Å². The van der Waals surface area contributed by atoms with Crippen LogP contribution in [-0.2, 0) is 0 Å². The Morgan fingerprint density at radius 3 is 2.60 bits per heavy atom. The van der Waals surface area contributed by atoms with Crippen LogP contribution in [0.5, 0.6) is 5.88 Å². The SMILES string of the molecule is COc1nc(-c2cnc(N3CC[C@@H](NC(C)(C)C)C3)nn2)ccc1-c1nnc(C)s1. The summed E-state index contributed by atoms with van der Waals surface area (Å²) in [6.07, 6.45) is 2.77. The van der Waals surface area contributed by atoms with Gasteiger partial charge in [0.2, 0.25) is 11.8 Å². The zero-order valence-corrected chi connectivity index (χ0v) is 18.7. The molecule has 10 heteroatoms. The lowest BCUT2D eigenvalue weighted by atomic mass is 10.1. The van der Waals surface area contributed by atoms with E-state index in [2.05, 4.69) is 61.4 Å². The first-order chi connectivity index (χ1) is 14.3. The molecule has 9 nitrogen and oxygen atoms in total. The molecule has 4 heterocycles. The molecule has 1 aliphatic heterocycles. The second-order valence-corrected chi connectivity index (χ2v) is 9.53. The lowest BCUT2D eigenvalue weighted by Gasteiger charge is -2.25. The van der Waals surface area contributed by atoms with Crippen molar-refractivity contribution in [1.82, 2.24) is 35.7 Å². The predicted molar refractivity (Wildman–Crippen MR) is 117 cm³/mol.